The second-order valence-corrected chi connectivity index (χ2v) is 5.80. The average molecular weight is 314 g/mol. The molecule has 1 atom stereocenters. The van der Waals surface area contributed by atoms with E-state index in [2.05, 4.69) is 4.90 Å². The number of rotatable bonds is 6. The first kappa shape index (κ1) is 15.7. The van der Waals surface area contributed by atoms with Crippen LogP contribution in [0.1, 0.15) is 29.7 Å². The van der Waals surface area contributed by atoms with Crippen LogP contribution in [0.4, 0.5) is 4.39 Å². The van der Waals surface area contributed by atoms with E-state index in [1.165, 1.54) is 6.07 Å². The van der Waals surface area contributed by atoms with Crippen molar-refractivity contribution >= 4 is 0 Å². The lowest BCUT2D eigenvalue weighted by Crippen LogP contribution is -2.31. The molecular formula is C18H19FN2O2. The van der Waals surface area contributed by atoms with Crippen molar-refractivity contribution in [2.75, 3.05) is 13.2 Å². The molecule has 23 heavy (non-hydrogen) atoms. The second-order valence-electron chi connectivity index (χ2n) is 5.80. The fourth-order valence-corrected chi connectivity index (χ4v) is 2.87. The van der Waals surface area contributed by atoms with Crippen molar-refractivity contribution in [2.45, 2.75) is 32.0 Å². The fourth-order valence-electron chi connectivity index (χ4n) is 2.87. The van der Waals surface area contributed by atoms with Crippen LogP contribution in [-0.4, -0.2) is 24.2 Å². The van der Waals surface area contributed by atoms with Crippen molar-refractivity contribution in [2.24, 2.45) is 0 Å². The molecule has 0 bridgehead atoms. The summed E-state index contributed by atoms with van der Waals surface area (Å²) in [6, 6.07) is 10.3. The Morgan fingerprint density at radius 3 is 2.87 bits per heavy atom. The molecule has 2 aromatic rings. The van der Waals surface area contributed by atoms with Gasteiger partial charge in [0.15, 0.2) is 0 Å². The molecule has 1 aromatic carbocycles. The van der Waals surface area contributed by atoms with Gasteiger partial charge in [0.05, 0.1) is 30.5 Å². The highest BCUT2D eigenvalue weighted by Crippen LogP contribution is 2.19. The molecule has 1 saturated heterocycles. The molecule has 1 unspecified atom stereocenters. The van der Waals surface area contributed by atoms with Crippen molar-refractivity contribution in [3.63, 3.8) is 0 Å². The number of furan rings is 1. The van der Waals surface area contributed by atoms with E-state index in [1.54, 1.807) is 18.4 Å². The van der Waals surface area contributed by atoms with Crippen molar-refractivity contribution in [1.82, 2.24) is 4.90 Å². The van der Waals surface area contributed by atoms with Gasteiger partial charge < -0.3 is 9.15 Å². The molecule has 1 aromatic heterocycles. The Kier molecular flexibility index (Phi) is 5.06. The zero-order valence-corrected chi connectivity index (χ0v) is 12.9. The van der Waals surface area contributed by atoms with E-state index < -0.39 is 0 Å². The van der Waals surface area contributed by atoms with Crippen molar-refractivity contribution in [1.29, 1.82) is 5.26 Å². The first-order chi connectivity index (χ1) is 11.2. The van der Waals surface area contributed by atoms with Crippen LogP contribution in [0.25, 0.3) is 0 Å². The molecule has 0 saturated carbocycles. The van der Waals surface area contributed by atoms with Gasteiger partial charge in [-0.2, -0.15) is 5.26 Å². The van der Waals surface area contributed by atoms with E-state index >= 15 is 0 Å². The summed E-state index contributed by atoms with van der Waals surface area (Å²) in [5.41, 5.74) is 0.913. The summed E-state index contributed by atoms with van der Waals surface area (Å²) in [6.07, 6.45) is 3.93. The Balaban J connectivity index is 1.73. The minimum Gasteiger partial charge on any atom is -0.468 e. The Morgan fingerprint density at radius 1 is 1.30 bits per heavy atom. The van der Waals surface area contributed by atoms with Crippen molar-refractivity contribution in [3.8, 4) is 6.07 Å². The van der Waals surface area contributed by atoms with Gasteiger partial charge in [0.1, 0.15) is 11.6 Å². The zero-order valence-electron chi connectivity index (χ0n) is 12.9. The SMILES string of the molecule is N#Cc1ccc(CN(Cc2ccco2)CC2CCCO2)c(F)c1. The van der Waals surface area contributed by atoms with Crippen LogP contribution < -0.4 is 0 Å². The summed E-state index contributed by atoms with van der Waals surface area (Å²) < 4.78 is 25.3. The highest BCUT2D eigenvalue weighted by molar-refractivity contribution is 5.32. The van der Waals surface area contributed by atoms with Crippen molar-refractivity contribution in [3.05, 3.63) is 59.3 Å². The number of nitrogens with zero attached hydrogens (tertiary/aromatic N) is 2. The molecule has 0 spiro atoms. The number of nitriles is 1. The number of halogens is 1. The number of benzene rings is 1. The molecule has 5 heteroatoms. The van der Waals surface area contributed by atoms with E-state index in [-0.39, 0.29) is 11.9 Å². The average Bonchev–Trinajstić information content (AvgIpc) is 3.23. The van der Waals surface area contributed by atoms with E-state index in [1.807, 2.05) is 18.2 Å². The number of hydrogen-bond acceptors (Lipinski definition) is 4. The third kappa shape index (κ3) is 4.19. The molecule has 120 valence electrons. The van der Waals surface area contributed by atoms with Crippen LogP contribution in [0.5, 0.6) is 0 Å². The van der Waals surface area contributed by atoms with Gasteiger partial charge in [-0.15, -0.1) is 0 Å². The highest BCUT2D eigenvalue weighted by Gasteiger charge is 2.21. The third-order valence-corrected chi connectivity index (χ3v) is 4.02. The summed E-state index contributed by atoms with van der Waals surface area (Å²) in [6.45, 7) is 2.59. The summed E-state index contributed by atoms with van der Waals surface area (Å²) in [4.78, 5) is 2.12. The van der Waals surface area contributed by atoms with Crippen LogP contribution in [0, 0.1) is 17.1 Å². The summed E-state index contributed by atoms with van der Waals surface area (Å²) in [5.74, 6) is 0.498. The van der Waals surface area contributed by atoms with E-state index in [4.69, 9.17) is 14.4 Å². The van der Waals surface area contributed by atoms with Crippen LogP contribution in [-0.2, 0) is 17.8 Å². The Morgan fingerprint density at radius 2 is 2.22 bits per heavy atom. The quantitative estimate of drug-likeness (QED) is 0.819. The molecule has 4 nitrogen and oxygen atoms in total. The van der Waals surface area contributed by atoms with Crippen LogP contribution in [0.3, 0.4) is 0 Å². The minimum atomic E-state index is -0.346. The van der Waals surface area contributed by atoms with Crippen LogP contribution in [0.2, 0.25) is 0 Å². The van der Waals surface area contributed by atoms with Crippen LogP contribution in [0.15, 0.2) is 41.0 Å². The predicted molar refractivity (Wildman–Crippen MR) is 82.9 cm³/mol. The smallest absolute Gasteiger partial charge is 0.129 e. The summed E-state index contributed by atoms with van der Waals surface area (Å²) in [5, 5.41) is 8.84. The highest BCUT2D eigenvalue weighted by atomic mass is 19.1. The molecule has 1 aliphatic rings. The Labute approximate surface area is 135 Å². The molecule has 3 rings (SSSR count). The second kappa shape index (κ2) is 7.40. The van der Waals surface area contributed by atoms with E-state index in [0.717, 1.165) is 31.8 Å². The first-order valence-corrected chi connectivity index (χ1v) is 7.79. The predicted octanol–water partition coefficient (Wildman–Crippen LogP) is 3.47. The summed E-state index contributed by atoms with van der Waals surface area (Å²) >= 11 is 0. The molecule has 0 radical (unpaired) electrons. The molecule has 2 heterocycles. The molecule has 1 fully saturated rings. The molecule has 1 aliphatic heterocycles. The monoisotopic (exact) mass is 314 g/mol. The van der Waals surface area contributed by atoms with Gasteiger partial charge in [-0.1, -0.05) is 6.07 Å². The largest absolute Gasteiger partial charge is 0.468 e. The number of ether oxygens (including phenoxy) is 1. The van der Waals surface area contributed by atoms with Gasteiger partial charge in [-0.3, -0.25) is 4.90 Å². The molecule has 0 aliphatic carbocycles. The topological polar surface area (TPSA) is 49.4 Å². The zero-order chi connectivity index (χ0) is 16.1. The molecule has 0 amide bonds. The normalized spacial score (nSPS) is 17.5. The molecule has 0 N–H and O–H groups in total. The van der Waals surface area contributed by atoms with Gasteiger partial charge in [-0.05, 0) is 37.1 Å². The number of hydrogen-bond donors (Lipinski definition) is 0. The lowest BCUT2D eigenvalue weighted by Gasteiger charge is -2.24. The van der Waals surface area contributed by atoms with Gasteiger partial charge >= 0.3 is 0 Å². The maximum atomic E-state index is 14.2. The maximum absolute atomic E-state index is 14.2. The van der Waals surface area contributed by atoms with E-state index in [9.17, 15) is 4.39 Å². The Hall–Kier alpha value is -2.16. The van der Waals surface area contributed by atoms with Gasteiger partial charge in [-0.25, -0.2) is 4.39 Å². The third-order valence-electron chi connectivity index (χ3n) is 4.02. The lowest BCUT2D eigenvalue weighted by atomic mass is 10.1. The maximum Gasteiger partial charge on any atom is 0.129 e. The summed E-state index contributed by atoms with van der Waals surface area (Å²) in [7, 11) is 0. The van der Waals surface area contributed by atoms with Gasteiger partial charge in [0.25, 0.3) is 0 Å². The first-order valence-electron chi connectivity index (χ1n) is 7.79. The fraction of sp³-hybridized carbons (Fsp3) is 0.389. The van der Waals surface area contributed by atoms with Gasteiger partial charge in [0.2, 0.25) is 0 Å². The van der Waals surface area contributed by atoms with Crippen LogP contribution >= 0.6 is 0 Å². The lowest BCUT2D eigenvalue weighted by molar-refractivity contribution is 0.0651. The van der Waals surface area contributed by atoms with E-state index in [0.29, 0.717) is 24.2 Å². The molecular weight excluding hydrogens is 295 g/mol. The van der Waals surface area contributed by atoms with Gasteiger partial charge in [0, 0.05) is 25.3 Å². The standard InChI is InChI=1S/C18H19FN2O2/c19-18-9-14(10-20)5-6-15(18)11-21(12-16-3-1-7-22-16)13-17-4-2-8-23-17/h1,3,5-7,9,17H,2,4,8,11-13H2. The Bertz CT molecular complexity index is 673. The van der Waals surface area contributed by atoms with Crippen molar-refractivity contribution < 1.29 is 13.5 Å². The minimum absolute atomic E-state index is 0.186.